The predicted octanol–water partition coefficient (Wildman–Crippen LogP) is 2.81. The first-order valence-corrected chi connectivity index (χ1v) is 5.17. The van der Waals surface area contributed by atoms with Gasteiger partial charge in [0.1, 0.15) is 6.10 Å². The minimum absolute atomic E-state index is 0.163. The third-order valence-corrected chi connectivity index (χ3v) is 2.16. The van der Waals surface area contributed by atoms with E-state index in [1.54, 1.807) is 7.11 Å². The van der Waals surface area contributed by atoms with Crippen molar-refractivity contribution in [3.05, 3.63) is 0 Å². The number of hydrogen-bond donors (Lipinski definition) is 0. The van der Waals surface area contributed by atoms with Crippen LogP contribution in [0.3, 0.4) is 0 Å². The second kappa shape index (κ2) is 7.07. The lowest BCUT2D eigenvalue weighted by Crippen LogP contribution is -2.22. The van der Waals surface area contributed by atoms with Crippen molar-refractivity contribution in [1.29, 1.82) is 0 Å². The van der Waals surface area contributed by atoms with Crippen molar-refractivity contribution in [3.8, 4) is 0 Å². The Morgan fingerprint density at radius 3 is 2.31 bits per heavy atom. The molecule has 0 aromatic rings. The Morgan fingerprint density at radius 1 is 1.31 bits per heavy atom. The maximum atomic E-state index is 11.5. The Hall–Kier alpha value is -0.370. The van der Waals surface area contributed by atoms with Crippen LogP contribution in [0.25, 0.3) is 0 Å². The van der Waals surface area contributed by atoms with Crippen molar-refractivity contribution in [2.75, 3.05) is 7.11 Å². The van der Waals surface area contributed by atoms with Crippen molar-refractivity contribution in [1.82, 2.24) is 0 Å². The van der Waals surface area contributed by atoms with Crippen molar-refractivity contribution >= 4 is 5.78 Å². The molecule has 0 fully saturated rings. The van der Waals surface area contributed by atoms with Gasteiger partial charge in [-0.3, -0.25) is 4.79 Å². The summed E-state index contributed by atoms with van der Waals surface area (Å²) in [7, 11) is 1.62. The van der Waals surface area contributed by atoms with Gasteiger partial charge in [-0.15, -0.1) is 0 Å². The minimum Gasteiger partial charge on any atom is -0.374 e. The van der Waals surface area contributed by atoms with Crippen LogP contribution in [0, 0.1) is 5.92 Å². The monoisotopic (exact) mass is 186 g/mol. The molecule has 0 rings (SSSR count). The lowest BCUT2D eigenvalue weighted by atomic mass is 10.0. The SMILES string of the molecule is CCCC(OC)C(=O)CCC(C)C. The number of methoxy groups -OCH3 is 1. The Balaban J connectivity index is 3.77. The van der Waals surface area contributed by atoms with E-state index >= 15 is 0 Å². The van der Waals surface area contributed by atoms with Gasteiger partial charge >= 0.3 is 0 Å². The summed E-state index contributed by atoms with van der Waals surface area (Å²) >= 11 is 0. The van der Waals surface area contributed by atoms with E-state index in [0.717, 1.165) is 19.3 Å². The molecule has 0 saturated heterocycles. The topological polar surface area (TPSA) is 26.3 Å². The number of hydrogen-bond acceptors (Lipinski definition) is 2. The maximum absolute atomic E-state index is 11.5. The second-order valence-corrected chi connectivity index (χ2v) is 3.91. The molecular weight excluding hydrogens is 164 g/mol. The first-order valence-electron chi connectivity index (χ1n) is 5.17. The van der Waals surface area contributed by atoms with E-state index in [1.165, 1.54) is 0 Å². The van der Waals surface area contributed by atoms with Crippen LogP contribution in [0.2, 0.25) is 0 Å². The lowest BCUT2D eigenvalue weighted by Gasteiger charge is -2.13. The molecule has 2 nitrogen and oxygen atoms in total. The van der Waals surface area contributed by atoms with E-state index in [0.29, 0.717) is 12.3 Å². The molecule has 0 saturated carbocycles. The van der Waals surface area contributed by atoms with E-state index in [2.05, 4.69) is 20.8 Å². The smallest absolute Gasteiger partial charge is 0.161 e. The summed E-state index contributed by atoms with van der Waals surface area (Å²) in [5, 5.41) is 0. The van der Waals surface area contributed by atoms with Crippen LogP contribution in [0.1, 0.15) is 46.5 Å². The van der Waals surface area contributed by atoms with Crippen molar-refractivity contribution < 1.29 is 9.53 Å². The fourth-order valence-corrected chi connectivity index (χ4v) is 1.26. The summed E-state index contributed by atoms with van der Waals surface area (Å²) in [4.78, 5) is 11.5. The van der Waals surface area contributed by atoms with Crippen molar-refractivity contribution in [3.63, 3.8) is 0 Å². The molecule has 0 radical (unpaired) electrons. The van der Waals surface area contributed by atoms with Gasteiger partial charge in [0.15, 0.2) is 5.78 Å². The standard InChI is InChI=1S/C11H22O2/c1-5-6-11(13-4)10(12)8-7-9(2)3/h9,11H,5-8H2,1-4H3. The van der Waals surface area contributed by atoms with Gasteiger partial charge in [0.2, 0.25) is 0 Å². The zero-order chi connectivity index (χ0) is 10.3. The highest BCUT2D eigenvalue weighted by Crippen LogP contribution is 2.10. The number of Topliss-reactive ketones (excluding diaryl/α,β-unsaturated/α-hetero) is 1. The summed E-state index contributed by atoms with van der Waals surface area (Å²) in [6, 6.07) is 0. The number of ketones is 1. The van der Waals surface area contributed by atoms with Gasteiger partial charge < -0.3 is 4.74 Å². The molecule has 0 aromatic carbocycles. The number of carbonyl (C=O) groups excluding carboxylic acids is 1. The van der Waals surface area contributed by atoms with Gasteiger partial charge in [0.05, 0.1) is 0 Å². The number of ether oxygens (including phenoxy) is 1. The molecule has 0 N–H and O–H groups in total. The summed E-state index contributed by atoms with van der Waals surface area (Å²) < 4.78 is 5.14. The summed E-state index contributed by atoms with van der Waals surface area (Å²) in [6.45, 7) is 6.34. The van der Waals surface area contributed by atoms with E-state index < -0.39 is 0 Å². The lowest BCUT2D eigenvalue weighted by molar-refractivity contribution is -0.129. The molecular formula is C11H22O2. The highest BCUT2D eigenvalue weighted by molar-refractivity contribution is 5.82. The molecule has 0 heterocycles. The van der Waals surface area contributed by atoms with Gasteiger partial charge in [-0.25, -0.2) is 0 Å². The molecule has 0 aromatic heterocycles. The van der Waals surface area contributed by atoms with Gasteiger partial charge in [-0.2, -0.15) is 0 Å². The van der Waals surface area contributed by atoms with Gasteiger partial charge in [0, 0.05) is 13.5 Å². The van der Waals surface area contributed by atoms with Crippen molar-refractivity contribution in [2.45, 2.75) is 52.6 Å². The largest absolute Gasteiger partial charge is 0.374 e. The number of rotatable bonds is 7. The summed E-state index contributed by atoms with van der Waals surface area (Å²) in [5.41, 5.74) is 0. The van der Waals surface area contributed by atoms with Crippen LogP contribution in [0.5, 0.6) is 0 Å². The normalized spacial score (nSPS) is 13.3. The first kappa shape index (κ1) is 12.6. The fraction of sp³-hybridized carbons (Fsp3) is 0.909. The average molecular weight is 186 g/mol. The van der Waals surface area contributed by atoms with Crippen LogP contribution in [0.15, 0.2) is 0 Å². The molecule has 0 amide bonds. The summed E-state index contributed by atoms with van der Waals surface area (Å²) in [5.74, 6) is 0.862. The van der Waals surface area contributed by atoms with E-state index in [9.17, 15) is 4.79 Å². The molecule has 0 bridgehead atoms. The second-order valence-electron chi connectivity index (χ2n) is 3.91. The average Bonchev–Trinajstić information content (AvgIpc) is 2.10. The quantitative estimate of drug-likeness (QED) is 0.611. The number of carbonyl (C=O) groups is 1. The molecule has 0 aliphatic rings. The van der Waals surface area contributed by atoms with E-state index in [-0.39, 0.29) is 11.9 Å². The highest BCUT2D eigenvalue weighted by Gasteiger charge is 2.16. The molecule has 2 heteroatoms. The zero-order valence-corrected chi connectivity index (χ0v) is 9.30. The predicted molar refractivity (Wildman–Crippen MR) is 54.8 cm³/mol. The molecule has 1 unspecified atom stereocenters. The Kier molecular flexibility index (Phi) is 6.87. The summed E-state index contributed by atoms with van der Waals surface area (Å²) in [6.07, 6.45) is 3.33. The zero-order valence-electron chi connectivity index (χ0n) is 9.30. The van der Waals surface area contributed by atoms with E-state index in [1.807, 2.05) is 0 Å². The Labute approximate surface area is 81.7 Å². The van der Waals surface area contributed by atoms with Crippen LogP contribution >= 0.6 is 0 Å². The minimum atomic E-state index is -0.163. The van der Waals surface area contributed by atoms with Crippen LogP contribution < -0.4 is 0 Å². The Bertz CT molecular complexity index is 141. The third-order valence-electron chi connectivity index (χ3n) is 2.16. The molecule has 78 valence electrons. The van der Waals surface area contributed by atoms with Gasteiger partial charge in [0.25, 0.3) is 0 Å². The van der Waals surface area contributed by atoms with E-state index in [4.69, 9.17) is 4.74 Å². The molecule has 1 atom stereocenters. The fourth-order valence-electron chi connectivity index (χ4n) is 1.26. The Morgan fingerprint density at radius 2 is 1.92 bits per heavy atom. The van der Waals surface area contributed by atoms with Crippen LogP contribution in [-0.2, 0) is 9.53 Å². The van der Waals surface area contributed by atoms with Crippen LogP contribution in [0.4, 0.5) is 0 Å². The molecule has 0 aliphatic heterocycles. The van der Waals surface area contributed by atoms with Crippen LogP contribution in [-0.4, -0.2) is 19.0 Å². The molecule has 13 heavy (non-hydrogen) atoms. The van der Waals surface area contributed by atoms with Gasteiger partial charge in [-0.1, -0.05) is 27.2 Å². The third kappa shape index (κ3) is 5.81. The molecule has 0 spiro atoms. The highest BCUT2D eigenvalue weighted by atomic mass is 16.5. The first-order chi connectivity index (χ1) is 6.11. The maximum Gasteiger partial charge on any atom is 0.161 e. The van der Waals surface area contributed by atoms with Crippen molar-refractivity contribution in [2.24, 2.45) is 5.92 Å². The molecule has 0 aliphatic carbocycles. The van der Waals surface area contributed by atoms with Gasteiger partial charge in [-0.05, 0) is 18.8 Å².